The first-order valence-corrected chi connectivity index (χ1v) is 8.79. The van der Waals surface area contributed by atoms with E-state index in [-0.39, 0.29) is 12.4 Å². The third kappa shape index (κ3) is 4.97. The average molecular weight is 371 g/mol. The Balaban J connectivity index is 1.51. The van der Waals surface area contributed by atoms with E-state index < -0.39 is 5.91 Å². The molecule has 0 radical (unpaired) electrons. The van der Waals surface area contributed by atoms with Gasteiger partial charge in [-0.05, 0) is 42.7 Å². The maximum Gasteiger partial charge on any atom is 0.277 e. The van der Waals surface area contributed by atoms with Crippen LogP contribution in [0.3, 0.4) is 0 Å². The van der Waals surface area contributed by atoms with Gasteiger partial charge in [0.05, 0.1) is 19.0 Å². The Kier molecular flexibility index (Phi) is 6.25. The minimum atomic E-state index is -0.425. The van der Waals surface area contributed by atoms with Gasteiger partial charge in [-0.3, -0.25) is 4.79 Å². The van der Waals surface area contributed by atoms with Crippen molar-refractivity contribution in [1.82, 2.24) is 5.43 Å². The first-order chi connectivity index (χ1) is 13.2. The number of nitrogens with one attached hydrogen (secondary N) is 1. The maximum atomic E-state index is 14.2. The van der Waals surface area contributed by atoms with Gasteiger partial charge in [0.2, 0.25) is 0 Å². The Labute approximate surface area is 157 Å². The molecule has 0 spiro atoms. The summed E-state index contributed by atoms with van der Waals surface area (Å²) in [5, 5.41) is 3.85. The number of hydrogen-bond donors (Lipinski definition) is 1. The van der Waals surface area contributed by atoms with Crippen LogP contribution in [0.15, 0.2) is 47.6 Å². The van der Waals surface area contributed by atoms with Crippen LogP contribution in [-0.2, 0) is 4.79 Å². The van der Waals surface area contributed by atoms with Gasteiger partial charge in [-0.2, -0.15) is 5.10 Å². The van der Waals surface area contributed by atoms with Crippen LogP contribution >= 0.6 is 0 Å². The molecular formula is C20H22FN3O3. The molecule has 1 N–H and O–H groups in total. The molecule has 0 saturated carbocycles. The predicted octanol–water partition coefficient (Wildman–Crippen LogP) is 2.96. The molecule has 3 rings (SSSR count). The number of hydrogen-bond acceptors (Lipinski definition) is 5. The van der Waals surface area contributed by atoms with Crippen LogP contribution in [0.4, 0.5) is 10.1 Å². The molecule has 0 aromatic heterocycles. The standard InChI is InChI=1S/C20H22FN3O3/c1-26-18-6-2-3-7-19(18)27-14-20(25)23-22-13-15-8-9-17(16(21)12-15)24-10-4-5-11-24/h2-3,6-9,12-13H,4-5,10-11,14H2,1H3,(H,23,25)/b22-13+. The summed E-state index contributed by atoms with van der Waals surface area (Å²) in [6.07, 6.45) is 3.58. The number of hydrazone groups is 1. The van der Waals surface area contributed by atoms with Gasteiger partial charge in [-0.1, -0.05) is 18.2 Å². The molecule has 142 valence electrons. The summed E-state index contributed by atoms with van der Waals surface area (Å²) >= 11 is 0. The average Bonchev–Trinajstić information content (AvgIpc) is 3.21. The van der Waals surface area contributed by atoms with E-state index in [4.69, 9.17) is 9.47 Å². The van der Waals surface area contributed by atoms with Crippen LogP contribution in [0.25, 0.3) is 0 Å². The van der Waals surface area contributed by atoms with Crippen molar-refractivity contribution in [2.75, 3.05) is 31.7 Å². The Hall–Kier alpha value is -3.09. The molecule has 1 amide bonds. The molecule has 0 unspecified atom stereocenters. The van der Waals surface area contributed by atoms with Gasteiger partial charge in [-0.25, -0.2) is 9.82 Å². The minimum Gasteiger partial charge on any atom is -0.493 e. The van der Waals surface area contributed by atoms with Gasteiger partial charge in [-0.15, -0.1) is 0 Å². The van der Waals surface area contributed by atoms with Gasteiger partial charge >= 0.3 is 0 Å². The van der Waals surface area contributed by atoms with E-state index in [1.165, 1.54) is 19.4 Å². The van der Waals surface area contributed by atoms with Crippen LogP contribution in [0, 0.1) is 5.82 Å². The normalized spacial score (nSPS) is 13.8. The molecule has 1 aliphatic rings. The van der Waals surface area contributed by atoms with Crippen molar-refractivity contribution >= 4 is 17.8 Å². The topological polar surface area (TPSA) is 63.2 Å². The second-order valence-electron chi connectivity index (χ2n) is 6.14. The molecule has 2 aromatic carbocycles. The molecule has 0 atom stereocenters. The van der Waals surface area contributed by atoms with Gasteiger partial charge in [0.1, 0.15) is 5.82 Å². The number of methoxy groups -OCH3 is 1. The predicted molar refractivity (Wildman–Crippen MR) is 102 cm³/mol. The van der Waals surface area contributed by atoms with Crippen LogP contribution in [0.2, 0.25) is 0 Å². The lowest BCUT2D eigenvalue weighted by molar-refractivity contribution is -0.123. The number of ether oxygens (including phenoxy) is 2. The highest BCUT2D eigenvalue weighted by Crippen LogP contribution is 2.25. The zero-order chi connectivity index (χ0) is 19.1. The molecular weight excluding hydrogens is 349 g/mol. The Morgan fingerprint density at radius 1 is 1.22 bits per heavy atom. The number of rotatable bonds is 7. The molecule has 0 aliphatic carbocycles. The molecule has 2 aromatic rings. The fourth-order valence-electron chi connectivity index (χ4n) is 2.91. The highest BCUT2D eigenvalue weighted by molar-refractivity contribution is 5.83. The summed E-state index contributed by atoms with van der Waals surface area (Å²) in [4.78, 5) is 13.9. The number of carbonyl (C=O) groups excluding carboxylic acids is 1. The smallest absolute Gasteiger partial charge is 0.277 e. The van der Waals surface area contributed by atoms with Crippen LogP contribution in [0.1, 0.15) is 18.4 Å². The zero-order valence-electron chi connectivity index (χ0n) is 15.2. The lowest BCUT2D eigenvalue weighted by Gasteiger charge is -2.18. The van der Waals surface area contributed by atoms with E-state index in [1.807, 2.05) is 11.0 Å². The first kappa shape index (κ1) is 18.7. The van der Waals surface area contributed by atoms with Crippen molar-refractivity contribution < 1.29 is 18.7 Å². The van der Waals surface area contributed by atoms with E-state index in [9.17, 15) is 9.18 Å². The van der Waals surface area contributed by atoms with Crippen molar-refractivity contribution in [2.45, 2.75) is 12.8 Å². The Morgan fingerprint density at radius 3 is 2.67 bits per heavy atom. The number of nitrogens with zero attached hydrogens (tertiary/aromatic N) is 2. The van der Waals surface area contributed by atoms with E-state index in [1.54, 1.807) is 30.3 Å². The molecule has 6 nitrogen and oxygen atoms in total. The maximum absolute atomic E-state index is 14.2. The first-order valence-electron chi connectivity index (χ1n) is 8.79. The Bertz CT molecular complexity index is 820. The fourth-order valence-corrected chi connectivity index (χ4v) is 2.91. The van der Waals surface area contributed by atoms with Gasteiger partial charge in [0.25, 0.3) is 5.91 Å². The second kappa shape index (κ2) is 9.02. The highest BCUT2D eigenvalue weighted by atomic mass is 19.1. The summed E-state index contributed by atoms with van der Waals surface area (Å²) in [6, 6.07) is 12.0. The lowest BCUT2D eigenvalue weighted by Crippen LogP contribution is -2.24. The summed E-state index contributed by atoms with van der Waals surface area (Å²) in [6.45, 7) is 1.55. The number of benzene rings is 2. The third-order valence-corrected chi connectivity index (χ3v) is 4.25. The quantitative estimate of drug-likeness (QED) is 0.600. The van der Waals surface area contributed by atoms with Gasteiger partial charge in [0, 0.05) is 13.1 Å². The molecule has 1 saturated heterocycles. The zero-order valence-corrected chi connectivity index (χ0v) is 15.2. The van der Waals surface area contributed by atoms with Crippen LogP contribution < -0.4 is 19.8 Å². The SMILES string of the molecule is COc1ccccc1OCC(=O)N/N=C/c1ccc(N2CCCC2)c(F)c1. The highest BCUT2D eigenvalue weighted by Gasteiger charge is 2.15. The van der Waals surface area contributed by atoms with E-state index in [0.29, 0.717) is 22.7 Å². The van der Waals surface area contributed by atoms with Crippen molar-refractivity contribution in [3.05, 3.63) is 53.8 Å². The number of amides is 1. The molecule has 27 heavy (non-hydrogen) atoms. The lowest BCUT2D eigenvalue weighted by atomic mass is 10.2. The van der Waals surface area contributed by atoms with Crippen molar-refractivity contribution in [3.63, 3.8) is 0 Å². The molecule has 1 fully saturated rings. The summed E-state index contributed by atoms with van der Waals surface area (Å²) < 4.78 is 24.8. The van der Waals surface area contributed by atoms with E-state index in [0.717, 1.165) is 25.9 Å². The summed E-state index contributed by atoms with van der Waals surface area (Å²) in [7, 11) is 1.53. The third-order valence-electron chi connectivity index (χ3n) is 4.25. The second-order valence-corrected chi connectivity index (χ2v) is 6.14. The van der Waals surface area contributed by atoms with Crippen molar-refractivity contribution in [1.29, 1.82) is 0 Å². The van der Waals surface area contributed by atoms with Crippen LogP contribution in [0.5, 0.6) is 11.5 Å². The molecule has 0 bridgehead atoms. The monoisotopic (exact) mass is 371 g/mol. The number of halogens is 1. The number of para-hydroxylation sites is 2. The minimum absolute atomic E-state index is 0.208. The summed E-state index contributed by atoms with van der Waals surface area (Å²) in [5.74, 6) is 0.305. The largest absolute Gasteiger partial charge is 0.493 e. The molecule has 1 aliphatic heterocycles. The van der Waals surface area contributed by atoms with Crippen molar-refractivity contribution in [2.24, 2.45) is 5.10 Å². The fraction of sp³-hybridized carbons (Fsp3) is 0.300. The van der Waals surface area contributed by atoms with Crippen molar-refractivity contribution in [3.8, 4) is 11.5 Å². The number of carbonyl (C=O) groups is 1. The van der Waals surface area contributed by atoms with E-state index in [2.05, 4.69) is 10.5 Å². The Morgan fingerprint density at radius 2 is 1.96 bits per heavy atom. The molecule has 7 heteroatoms. The van der Waals surface area contributed by atoms with E-state index >= 15 is 0 Å². The summed E-state index contributed by atoms with van der Waals surface area (Å²) in [5.41, 5.74) is 3.54. The molecule has 1 heterocycles. The van der Waals surface area contributed by atoms with Gasteiger partial charge in [0.15, 0.2) is 18.1 Å². The van der Waals surface area contributed by atoms with Crippen LogP contribution in [-0.4, -0.2) is 38.9 Å². The number of anilines is 1. The van der Waals surface area contributed by atoms with Gasteiger partial charge < -0.3 is 14.4 Å².